The lowest BCUT2D eigenvalue weighted by molar-refractivity contribution is 0.279. The van der Waals surface area contributed by atoms with E-state index < -0.39 is 0 Å². The van der Waals surface area contributed by atoms with Crippen molar-refractivity contribution in [2.24, 2.45) is 5.41 Å². The fourth-order valence-electron chi connectivity index (χ4n) is 6.13. The second-order valence-corrected chi connectivity index (χ2v) is 10.6. The average Bonchev–Trinajstić information content (AvgIpc) is 3.23. The maximum absolute atomic E-state index is 4.59. The summed E-state index contributed by atoms with van der Waals surface area (Å²) in [6, 6.07) is 19.9. The first-order valence-electron chi connectivity index (χ1n) is 12.7. The number of pyridine rings is 1. The van der Waals surface area contributed by atoms with Crippen molar-refractivity contribution >= 4 is 34.0 Å². The van der Waals surface area contributed by atoms with E-state index in [1.54, 1.807) is 0 Å². The number of H-pyrrole nitrogens is 2. The molecular formula is C30H30N6. The van der Waals surface area contributed by atoms with Crippen molar-refractivity contribution < 1.29 is 0 Å². The highest BCUT2D eigenvalue weighted by Gasteiger charge is 2.55. The number of benzene rings is 2. The quantitative estimate of drug-likeness (QED) is 0.278. The van der Waals surface area contributed by atoms with E-state index in [0.29, 0.717) is 11.3 Å². The highest BCUT2D eigenvalue weighted by Crippen LogP contribution is 2.63. The van der Waals surface area contributed by atoms with Crippen LogP contribution < -0.4 is 5.32 Å². The van der Waals surface area contributed by atoms with Crippen LogP contribution in [0.15, 0.2) is 60.7 Å². The van der Waals surface area contributed by atoms with Gasteiger partial charge in [0, 0.05) is 47.7 Å². The van der Waals surface area contributed by atoms with Crippen LogP contribution in [0.25, 0.3) is 39.4 Å². The Balaban J connectivity index is 1.14. The van der Waals surface area contributed by atoms with E-state index in [2.05, 4.69) is 104 Å². The normalized spacial score (nSPS) is 20.2. The molecular weight excluding hydrogens is 444 g/mol. The summed E-state index contributed by atoms with van der Waals surface area (Å²) in [5, 5.41) is 4.38. The summed E-state index contributed by atoms with van der Waals surface area (Å²) in [4.78, 5) is 18.6. The lowest BCUT2D eigenvalue weighted by atomic mass is 9.89. The first kappa shape index (κ1) is 21.4. The third kappa shape index (κ3) is 3.44. The van der Waals surface area contributed by atoms with Crippen molar-refractivity contribution in [1.82, 2.24) is 24.8 Å². The molecule has 2 atom stereocenters. The van der Waals surface area contributed by atoms with Gasteiger partial charge in [0.1, 0.15) is 11.6 Å². The van der Waals surface area contributed by atoms with Crippen LogP contribution in [0, 0.1) is 12.3 Å². The second-order valence-electron chi connectivity index (χ2n) is 10.6. The van der Waals surface area contributed by atoms with Crippen LogP contribution in [0.5, 0.6) is 0 Å². The molecule has 6 nitrogen and oxygen atoms in total. The van der Waals surface area contributed by atoms with Gasteiger partial charge in [-0.05, 0) is 67.3 Å². The Labute approximate surface area is 210 Å². The summed E-state index contributed by atoms with van der Waals surface area (Å²) in [7, 11) is 4.13. The summed E-state index contributed by atoms with van der Waals surface area (Å²) in [6.45, 7) is 3.98. The molecule has 3 N–H and O–H groups in total. The summed E-state index contributed by atoms with van der Waals surface area (Å²) in [5.41, 5.74) is 9.50. The average molecular weight is 475 g/mol. The number of nitrogens with one attached hydrogen (secondary N) is 3. The zero-order valence-corrected chi connectivity index (χ0v) is 20.9. The van der Waals surface area contributed by atoms with E-state index >= 15 is 0 Å². The first-order chi connectivity index (χ1) is 17.5. The van der Waals surface area contributed by atoms with Gasteiger partial charge in [-0.2, -0.15) is 0 Å². The van der Waals surface area contributed by atoms with E-state index in [1.165, 1.54) is 28.5 Å². The number of rotatable bonds is 6. The molecule has 1 fully saturated rings. The number of fused-ring (bicyclic) bond motifs is 5. The number of anilines is 1. The standard InChI is InChI=1S/C30H30N6/c1-18-32-28-23(14-27(31-2)35-29(28)33-18)26-13-21-12-19(8-9-25(21)34-26)16-36(3)17-30-11-10-20-6-4-5-7-22(20)24(30)15-30/h4-14,24,34H,15-17H2,1-3H3,(H2,31,32,33,35). The highest BCUT2D eigenvalue weighted by atomic mass is 15.1. The summed E-state index contributed by atoms with van der Waals surface area (Å²) >= 11 is 0. The summed E-state index contributed by atoms with van der Waals surface area (Å²) in [5.74, 6) is 2.34. The topological polar surface area (TPSA) is 72.6 Å². The molecule has 180 valence electrons. The number of aromatic nitrogens is 4. The van der Waals surface area contributed by atoms with Crippen LogP contribution >= 0.6 is 0 Å². The molecule has 36 heavy (non-hydrogen) atoms. The number of imidazole rings is 1. The Hall–Kier alpha value is -3.90. The van der Waals surface area contributed by atoms with Crippen molar-refractivity contribution in [2.75, 3.05) is 26.0 Å². The van der Waals surface area contributed by atoms with Gasteiger partial charge in [0.15, 0.2) is 5.65 Å². The molecule has 2 aliphatic rings. The predicted octanol–water partition coefficient (Wildman–Crippen LogP) is 6.09. The van der Waals surface area contributed by atoms with E-state index in [-0.39, 0.29) is 0 Å². The molecule has 0 aliphatic heterocycles. The van der Waals surface area contributed by atoms with Crippen LogP contribution in [0.2, 0.25) is 0 Å². The monoisotopic (exact) mass is 474 g/mol. The lowest BCUT2D eigenvalue weighted by Gasteiger charge is -2.25. The zero-order valence-electron chi connectivity index (χ0n) is 20.9. The molecule has 0 radical (unpaired) electrons. The molecule has 3 heterocycles. The van der Waals surface area contributed by atoms with E-state index in [1.807, 2.05) is 14.0 Å². The van der Waals surface area contributed by atoms with Crippen LogP contribution in [-0.4, -0.2) is 45.5 Å². The number of hydrogen-bond acceptors (Lipinski definition) is 4. The molecule has 6 heteroatoms. The number of nitrogens with zero attached hydrogens (tertiary/aromatic N) is 3. The molecule has 2 aromatic carbocycles. The van der Waals surface area contributed by atoms with Gasteiger partial charge in [-0.1, -0.05) is 42.5 Å². The van der Waals surface area contributed by atoms with Gasteiger partial charge in [-0.25, -0.2) is 9.97 Å². The third-order valence-electron chi connectivity index (χ3n) is 7.91. The maximum atomic E-state index is 4.59. The number of aryl methyl sites for hydroxylation is 1. The van der Waals surface area contributed by atoms with Crippen molar-refractivity contribution in [3.8, 4) is 11.3 Å². The van der Waals surface area contributed by atoms with E-state index in [0.717, 1.165) is 52.7 Å². The highest BCUT2D eigenvalue weighted by molar-refractivity contribution is 5.95. The largest absolute Gasteiger partial charge is 0.373 e. The van der Waals surface area contributed by atoms with Crippen LogP contribution in [-0.2, 0) is 6.54 Å². The molecule has 0 saturated heterocycles. The minimum atomic E-state index is 0.300. The molecule has 0 spiro atoms. The first-order valence-corrected chi connectivity index (χ1v) is 12.7. The van der Waals surface area contributed by atoms with Gasteiger partial charge in [0.05, 0.1) is 5.52 Å². The van der Waals surface area contributed by atoms with Gasteiger partial charge in [-0.3, -0.25) is 0 Å². The summed E-state index contributed by atoms with van der Waals surface area (Å²) in [6.07, 6.45) is 6.05. The maximum Gasteiger partial charge on any atom is 0.180 e. The Morgan fingerprint density at radius 2 is 1.97 bits per heavy atom. The Bertz CT molecular complexity index is 1660. The van der Waals surface area contributed by atoms with Gasteiger partial charge >= 0.3 is 0 Å². The minimum absolute atomic E-state index is 0.300. The van der Waals surface area contributed by atoms with Gasteiger partial charge in [0.25, 0.3) is 0 Å². The van der Waals surface area contributed by atoms with Gasteiger partial charge in [-0.15, -0.1) is 0 Å². The van der Waals surface area contributed by atoms with Gasteiger partial charge < -0.3 is 20.2 Å². The molecule has 0 amide bonds. The Morgan fingerprint density at radius 3 is 2.86 bits per heavy atom. The molecule has 7 rings (SSSR count). The summed E-state index contributed by atoms with van der Waals surface area (Å²) < 4.78 is 0. The van der Waals surface area contributed by atoms with Crippen molar-refractivity contribution in [2.45, 2.75) is 25.8 Å². The number of hydrogen-bond donors (Lipinski definition) is 3. The van der Waals surface area contributed by atoms with Crippen LogP contribution in [0.3, 0.4) is 0 Å². The Morgan fingerprint density at radius 1 is 1.08 bits per heavy atom. The van der Waals surface area contributed by atoms with Crippen molar-refractivity contribution in [1.29, 1.82) is 0 Å². The molecule has 0 bridgehead atoms. The number of aromatic amines is 2. The van der Waals surface area contributed by atoms with Crippen LogP contribution in [0.1, 0.15) is 34.9 Å². The Kier molecular flexibility index (Phi) is 4.63. The molecule has 2 unspecified atom stereocenters. The van der Waals surface area contributed by atoms with Crippen molar-refractivity contribution in [3.63, 3.8) is 0 Å². The predicted molar refractivity (Wildman–Crippen MR) is 147 cm³/mol. The molecule has 1 saturated carbocycles. The third-order valence-corrected chi connectivity index (χ3v) is 7.91. The minimum Gasteiger partial charge on any atom is -0.373 e. The smallest absolute Gasteiger partial charge is 0.180 e. The van der Waals surface area contributed by atoms with E-state index in [9.17, 15) is 0 Å². The molecule has 2 aliphatic carbocycles. The lowest BCUT2D eigenvalue weighted by Crippen LogP contribution is -2.27. The van der Waals surface area contributed by atoms with Crippen LogP contribution in [0.4, 0.5) is 5.82 Å². The zero-order chi connectivity index (χ0) is 24.4. The fraction of sp³-hybridized carbons (Fsp3) is 0.267. The fourth-order valence-corrected chi connectivity index (χ4v) is 6.13. The SMILES string of the molecule is CNc1cc(-c2cc3cc(CN(C)CC45C=Cc6ccccc6C4C5)ccc3[nH]2)c2[nH]c(C)nc2n1. The van der Waals surface area contributed by atoms with Gasteiger partial charge in [0.2, 0.25) is 0 Å². The molecule has 3 aromatic heterocycles. The second kappa shape index (κ2) is 7.80. The molecule has 5 aromatic rings. The van der Waals surface area contributed by atoms with Crippen molar-refractivity contribution in [3.05, 3.63) is 83.2 Å². The van der Waals surface area contributed by atoms with E-state index in [4.69, 9.17) is 0 Å².